The van der Waals surface area contributed by atoms with Gasteiger partial charge < -0.3 is 10.0 Å². The molecule has 0 aliphatic carbocycles. The monoisotopic (exact) mass is 221 g/mol. The molecule has 0 fully saturated rings. The Kier molecular flexibility index (Phi) is 4.99. The molecule has 1 unspecified atom stereocenters. The first-order valence-corrected chi connectivity index (χ1v) is 5.54. The van der Waals surface area contributed by atoms with Crippen LogP contribution in [0.5, 0.6) is 0 Å². The Morgan fingerprint density at radius 2 is 1.94 bits per heavy atom. The van der Waals surface area contributed by atoms with Crippen molar-refractivity contribution in [2.24, 2.45) is 0 Å². The van der Waals surface area contributed by atoms with Crippen LogP contribution in [0.25, 0.3) is 0 Å². The first-order valence-electron chi connectivity index (χ1n) is 5.54. The van der Waals surface area contributed by atoms with Gasteiger partial charge in [-0.15, -0.1) is 0 Å². The summed E-state index contributed by atoms with van der Waals surface area (Å²) in [6, 6.07) is 9.54. The second-order valence-corrected chi connectivity index (χ2v) is 4.11. The van der Waals surface area contributed by atoms with Gasteiger partial charge in [-0.25, -0.2) is 0 Å². The third-order valence-corrected chi connectivity index (χ3v) is 2.55. The van der Waals surface area contributed by atoms with E-state index in [1.165, 1.54) is 0 Å². The van der Waals surface area contributed by atoms with Gasteiger partial charge in [0.1, 0.15) is 0 Å². The lowest BCUT2D eigenvalue weighted by molar-refractivity contribution is -0.128. The molecule has 0 radical (unpaired) electrons. The smallest absolute Gasteiger partial charge is 0.222 e. The molecule has 0 aliphatic rings. The lowest BCUT2D eigenvalue weighted by atomic mass is 10.0. The van der Waals surface area contributed by atoms with Crippen molar-refractivity contribution in [2.75, 3.05) is 14.1 Å². The van der Waals surface area contributed by atoms with Gasteiger partial charge in [0.15, 0.2) is 0 Å². The molecular formula is C13H19NO2. The van der Waals surface area contributed by atoms with Gasteiger partial charge in [-0.1, -0.05) is 30.3 Å². The fraction of sp³-hybridized carbons (Fsp3) is 0.462. The van der Waals surface area contributed by atoms with E-state index in [1.807, 2.05) is 30.3 Å². The third kappa shape index (κ3) is 4.03. The van der Waals surface area contributed by atoms with Gasteiger partial charge in [-0.3, -0.25) is 4.79 Å². The molecule has 1 N–H and O–H groups in total. The minimum Gasteiger partial charge on any atom is -0.388 e. The van der Waals surface area contributed by atoms with E-state index >= 15 is 0 Å². The molecule has 0 heterocycles. The number of hydrogen-bond acceptors (Lipinski definition) is 2. The van der Waals surface area contributed by atoms with Crippen LogP contribution in [-0.4, -0.2) is 30.0 Å². The van der Waals surface area contributed by atoms with E-state index in [0.717, 1.165) is 5.56 Å². The molecule has 0 bridgehead atoms. The van der Waals surface area contributed by atoms with Crippen molar-refractivity contribution in [3.8, 4) is 0 Å². The molecule has 0 aromatic heterocycles. The number of carbonyl (C=O) groups excluding carboxylic acids is 1. The maximum Gasteiger partial charge on any atom is 0.222 e. The van der Waals surface area contributed by atoms with Crippen molar-refractivity contribution in [2.45, 2.75) is 25.4 Å². The van der Waals surface area contributed by atoms with Gasteiger partial charge in [-0.05, 0) is 18.4 Å². The van der Waals surface area contributed by atoms with Gasteiger partial charge in [-0.2, -0.15) is 0 Å². The number of nitrogens with zero attached hydrogens (tertiary/aromatic N) is 1. The largest absolute Gasteiger partial charge is 0.388 e. The van der Waals surface area contributed by atoms with Crippen LogP contribution in [0.1, 0.15) is 30.9 Å². The summed E-state index contributed by atoms with van der Waals surface area (Å²) in [5, 5.41) is 9.85. The molecule has 1 rings (SSSR count). The summed E-state index contributed by atoms with van der Waals surface area (Å²) in [6.07, 6.45) is 1.38. The van der Waals surface area contributed by atoms with E-state index in [9.17, 15) is 9.90 Å². The van der Waals surface area contributed by atoms with Crippen molar-refractivity contribution in [1.82, 2.24) is 4.90 Å². The topological polar surface area (TPSA) is 40.5 Å². The Morgan fingerprint density at radius 1 is 1.31 bits per heavy atom. The SMILES string of the molecule is CN(C)C(=O)CCCC(O)c1ccccc1. The molecule has 88 valence electrons. The molecule has 1 aromatic rings. The standard InChI is InChI=1S/C13H19NO2/c1-14(2)13(16)10-6-9-12(15)11-7-4-3-5-8-11/h3-5,7-8,12,15H,6,9-10H2,1-2H3. The molecule has 1 atom stereocenters. The molecule has 0 aliphatic heterocycles. The van der Waals surface area contributed by atoms with Crippen molar-refractivity contribution in [3.63, 3.8) is 0 Å². The highest BCUT2D eigenvalue weighted by molar-refractivity contribution is 5.75. The zero-order valence-corrected chi connectivity index (χ0v) is 9.89. The summed E-state index contributed by atoms with van der Waals surface area (Å²) in [7, 11) is 3.49. The quantitative estimate of drug-likeness (QED) is 0.826. The lowest BCUT2D eigenvalue weighted by Crippen LogP contribution is -2.21. The molecule has 0 spiro atoms. The third-order valence-electron chi connectivity index (χ3n) is 2.55. The second-order valence-electron chi connectivity index (χ2n) is 4.11. The number of aliphatic hydroxyl groups is 1. The zero-order valence-electron chi connectivity index (χ0n) is 9.89. The van der Waals surface area contributed by atoms with E-state index in [0.29, 0.717) is 19.3 Å². The lowest BCUT2D eigenvalue weighted by Gasteiger charge is -2.12. The van der Waals surface area contributed by atoms with Gasteiger partial charge in [0.25, 0.3) is 0 Å². The number of amides is 1. The molecule has 3 nitrogen and oxygen atoms in total. The van der Waals surface area contributed by atoms with E-state index in [-0.39, 0.29) is 5.91 Å². The summed E-state index contributed by atoms with van der Waals surface area (Å²) in [4.78, 5) is 12.9. The molecule has 1 aromatic carbocycles. The molecule has 1 amide bonds. The Labute approximate surface area is 96.7 Å². The molecule has 3 heteroatoms. The first kappa shape index (κ1) is 12.7. The van der Waals surface area contributed by atoms with Crippen LogP contribution < -0.4 is 0 Å². The summed E-state index contributed by atoms with van der Waals surface area (Å²) >= 11 is 0. The molecular weight excluding hydrogens is 202 g/mol. The minimum absolute atomic E-state index is 0.111. The Morgan fingerprint density at radius 3 is 2.50 bits per heavy atom. The maximum atomic E-state index is 11.3. The Balaban J connectivity index is 2.31. The van der Waals surface area contributed by atoms with E-state index in [2.05, 4.69) is 0 Å². The summed E-state index contributed by atoms with van der Waals surface area (Å²) < 4.78 is 0. The van der Waals surface area contributed by atoms with Crippen LogP contribution in [0.3, 0.4) is 0 Å². The fourth-order valence-electron chi connectivity index (χ4n) is 1.51. The fourth-order valence-corrected chi connectivity index (χ4v) is 1.51. The minimum atomic E-state index is -0.462. The van der Waals surface area contributed by atoms with Crippen LogP contribution in [0.15, 0.2) is 30.3 Å². The molecule has 0 saturated heterocycles. The van der Waals surface area contributed by atoms with Crippen molar-refractivity contribution in [3.05, 3.63) is 35.9 Å². The van der Waals surface area contributed by atoms with E-state index in [4.69, 9.17) is 0 Å². The molecule has 0 saturated carbocycles. The van der Waals surface area contributed by atoms with Gasteiger partial charge in [0, 0.05) is 20.5 Å². The molecule has 16 heavy (non-hydrogen) atoms. The van der Waals surface area contributed by atoms with Crippen molar-refractivity contribution < 1.29 is 9.90 Å². The first-order chi connectivity index (χ1) is 7.61. The predicted molar refractivity (Wildman–Crippen MR) is 63.9 cm³/mol. The summed E-state index contributed by atoms with van der Waals surface area (Å²) in [5.74, 6) is 0.111. The number of benzene rings is 1. The Bertz CT molecular complexity index is 322. The predicted octanol–water partition coefficient (Wildman–Crippen LogP) is 1.98. The maximum absolute atomic E-state index is 11.3. The van der Waals surface area contributed by atoms with E-state index < -0.39 is 6.10 Å². The van der Waals surface area contributed by atoms with Crippen LogP contribution in [-0.2, 0) is 4.79 Å². The number of aliphatic hydroxyl groups excluding tert-OH is 1. The van der Waals surface area contributed by atoms with Crippen molar-refractivity contribution in [1.29, 1.82) is 0 Å². The van der Waals surface area contributed by atoms with Gasteiger partial charge in [0.05, 0.1) is 6.10 Å². The van der Waals surface area contributed by atoms with Crippen LogP contribution in [0.2, 0.25) is 0 Å². The average Bonchev–Trinajstić information content (AvgIpc) is 2.29. The highest BCUT2D eigenvalue weighted by Crippen LogP contribution is 2.18. The number of hydrogen-bond donors (Lipinski definition) is 1. The van der Waals surface area contributed by atoms with Crippen LogP contribution in [0, 0.1) is 0 Å². The van der Waals surface area contributed by atoms with Gasteiger partial charge in [0.2, 0.25) is 5.91 Å². The highest BCUT2D eigenvalue weighted by Gasteiger charge is 2.09. The Hall–Kier alpha value is -1.35. The number of rotatable bonds is 5. The second kappa shape index (κ2) is 6.28. The van der Waals surface area contributed by atoms with Gasteiger partial charge >= 0.3 is 0 Å². The summed E-state index contributed by atoms with van der Waals surface area (Å²) in [6.45, 7) is 0. The van der Waals surface area contributed by atoms with Crippen LogP contribution in [0.4, 0.5) is 0 Å². The summed E-state index contributed by atoms with van der Waals surface area (Å²) in [5.41, 5.74) is 0.916. The normalized spacial score (nSPS) is 12.2. The zero-order chi connectivity index (χ0) is 12.0. The van der Waals surface area contributed by atoms with Crippen LogP contribution >= 0.6 is 0 Å². The number of carbonyl (C=O) groups is 1. The average molecular weight is 221 g/mol. The van der Waals surface area contributed by atoms with Crippen molar-refractivity contribution >= 4 is 5.91 Å². The highest BCUT2D eigenvalue weighted by atomic mass is 16.3. The van der Waals surface area contributed by atoms with E-state index in [1.54, 1.807) is 19.0 Å².